The molecule has 21 heavy (non-hydrogen) atoms. The zero-order chi connectivity index (χ0) is 15.2. The van der Waals surface area contributed by atoms with Crippen LogP contribution < -0.4 is 14.8 Å². The highest BCUT2D eigenvalue weighted by Crippen LogP contribution is 2.19. The van der Waals surface area contributed by atoms with Gasteiger partial charge in [-0.05, 0) is 26.0 Å². The summed E-state index contributed by atoms with van der Waals surface area (Å²) in [7, 11) is 1.50. The van der Waals surface area contributed by atoms with Gasteiger partial charge in [-0.15, -0.1) is 0 Å². The summed E-state index contributed by atoms with van der Waals surface area (Å²) in [6.07, 6.45) is 0. The quantitative estimate of drug-likeness (QED) is 0.911. The number of anilines is 1. The molecule has 0 spiro atoms. The average Bonchev–Trinajstić information content (AvgIpc) is 2.49. The van der Waals surface area contributed by atoms with Crippen LogP contribution in [0.4, 0.5) is 5.69 Å². The maximum Gasteiger partial charge on any atom is 0.316 e. The van der Waals surface area contributed by atoms with Crippen LogP contribution in [-0.2, 0) is 4.79 Å². The van der Waals surface area contributed by atoms with Crippen molar-refractivity contribution < 1.29 is 14.3 Å². The summed E-state index contributed by atoms with van der Waals surface area (Å²) >= 11 is 0. The molecule has 6 nitrogen and oxygen atoms in total. The van der Waals surface area contributed by atoms with E-state index in [0.29, 0.717) is 22.8 Å². The Kier molecular flexibility index (Phi) is 4.71. The van der Waals surface area contributed by atoms with Crippen molar-refractivity contribution in [2.45, 2.75) is 13.8 Å². The zero-order valence-electron chi connectivity index (χ0n) is 12.2. The van der Waals surface area contributed by atoms with E-state index in [1.807, 2.05) is 18.2 Å². The van der Waals surface area contributed by atoms with Crippen molar-refractivity contribution in [2.24, 2.45) is 0 Å². The Morgan fingerprint density at radius 1 is 1.14 bits per heavy atom. The number of hydrogen-bond acceptors (Lipinski definition) is 5. The summed E-state index contributed by atoms with van der Waals surface area (Å²) in [6, 6.07) is 9.44. The third-order valence-electron chi connectivity index (χ3n) is 2.81. The molecule has 0 aliphatic carbocycles. The number of nitrogens with zero attached hydrogens (tertiary/aromatic N) is 2. The maximum absolute atomic E-state index is 11.9. The second-order valence-corrected chi connectivity index (χ2v) is 4.41. The number of benzene rings is 1. The van der Waals surface area contributed by atoms with Gasteiger partial charge >= 0.3 is 6.01 Å². The van der Waals surface area contributed by atoms with Crippen molar-refractivity contribution in [3.63, 3.8) is 0 Å². The zero-order valence-corrected chi connectivity index (χ0v) is 12.2. The Labute approximate surface area is 123 Å². The fourth-order valence-electron chi connectivity index (χ4n) is 1.80. The van der Waals surface area contributed by atoms with Gasteiger partial charge in [0.15, 0.2) is 6.61 Å². The van der Waals surface area contributed by atoms with E-state index in [4.69, 9.17) is 9.47 Å². The molecule has 0 fully saturated rings. The summed E-state index contributed by atoms with van der Waals surface area (Å²) in [6.45, 7) is 3.49. The minimum Gasteiger partial charge on any atom is -0.484 e. The van der Waals surface area contributed by atoms with E-state index >= 15 is 0 Å². The third kappa shape index (κ3) is 3.92. The van der Waals surface area contributed by atoms with Crippen LogP contribution in [0.25, 0.3) is 0 Å². The molecule has 0 aliphatic rings. The van der Waals surface area contributed by atoms with Gasteiger partial charge in [0.05, 0.1) is 24.2 Å². The van der Waals surface area contributed by atoms with Crippen LogP contribution in [-0.4, -0.2) is 29.6 Å². The lowest BCUT2D eigenvalue weighted by Crippen LogP contribution is -2.22. The number of carbonyl (C=O) groups is 1. The van der Waals surface area contributed by atoms with Gasteiger partial charge in [-0.1, -0.05) is 18.2 Å². The van der Waals surface area contributed by atoms with Crippen molar-refractivity contribution in [2.75, 3.05) is 19.0 Å². The number of aryl methyl sites for hydroxylation is 2. The number of nitrogens with one attached hydrogen (secondary N) is 1. The van der Waals surface area contributed by atoms with E-state index < -0.39 is 0 Å². The number of rotatable bonds is 5. The summed E-state index contributed by atoms with van der Waals surface area (Å²) in [4.78, 5) is 20.2. The summed E-state index contributed by atoms with van der Waals surface area (Å²) in [5, 5.41) is 2.76. The maximum atomic E-state index is 11.9. The van der Waals surface area contributed by atoms with Gasteiger partial charge < -0.3 is 14.8 Å². The first kappa shape index (κ1) is 14.8. The molecular weight excluding hydrogens is 270 g/mol. The lowest BCUT2D eigenvalue weighted by molar-refractivity contribution is -0.118. The predicted octanol–water partition coefficient (Wildman–Crippen LogP) is 2.12. The van der Waals surface area contributed by atoms with Crippen LogP contribution in [0.3, 0.4) is 0 Å². The molecular formula is C15H17N3O3. The van der Waals surface area contributed by atoms with Crippen molar-refractivity contribution >= 4 is 11.6 Å². The number of carbonyl (C=O) groups excluding carboxylic acids is 1. The standard InChI is InChI=1S/C15H17N3O3/c1-10-14(11(2)17-15(16-10)20-3)18-13(19)9-21-12-7-5-4-6-8-12/h4-8H,9H2,1-3H3,(H,18,19). The van der Waals surface area contributed by atoms with E-state index in [0.717, 1.165) is 0 Å². The first-order chi connectivity index (χ1) is 10.1. The number of ether oxygens (including phenoxy) is 2. The SMILES string of the molecule is COc1nc(C)c(NC(=O)COc2ccccc2)c(C)n1. The third-order valence-corrected chi connectivity index (χ3v) is 2.81. The fourth-order valence-corrected chi connectivity index (χ4v) is 1.80. The van der Waals surface area contributed by atoms with Crippen molar-refractivity contribution in [1.29, 1.82) is 0 Å². The number of methoxy groups -OCH3 is 1. The second-order valence-electron chi connectivity index (χ2n) is 4.41. The minimum atomic E-state index is -0.265. The molecule has 0 atom stereocenters. The number of amides is 1. The second kappa shape index (κ2) is 6.69. The van der Waals surface area contributed by atoms with Gasteiger partial charge in [0.2, 0.25) is 0 Å². The molecule has 1 aromatic carbocycles. The first-order valence-electron chi connectivity index (χ1n) is 6.47. The Balaban J connectivity index is 2.00. The normalized spacial score (nSPS) is 10.0. The largest absolute Gasteiger partial charge is 0.484 e. The fraction of sp³-hybridized carbons (Fsp3) is 0.267. The average molecular weight is 287 g/mol. The lowest BCUT2D eigenvalue weighted by atomic mass is 10.3. The Morgan fingerprint density at radius 3 is 2.33 bits per heavy atom. The molecule has 2 aromatic rings. The highest BCUT2D eigenvalue weighted by Gasteiger charge is 2.12. The van der Waals surface area contributed by atoms with E-state index in [1.54, 1.807) is 26.0 Å². The number of para-hydroxylation sites is 1. The molecule has 1 N–H and O–H groups in total. The Morgan fingerprint density at radius 2 is 1.76 bits per heavy atom. The summed E-state index contributed by atoms with van der Waals surface area (Å²) in [5.74, 6) is 0.380. The molecule has 0 bridgehead atoms. The molecule has 0 radical (unpaired) electrons. The molecule has 0 saturated carbocycles. The molecule has 1 heterocycles. The first-order valence-corrected chi connectivity index (χ1v) is 6.47. The highest BCUT2D eigenvalue weighted by atomic mass is 16.5. The van der Waals surface area contributed by atoms with Gasteiger partial charge in [0.25, 0.3) is 5.91 Å². The number of aromatic nitrogens is 2. The van der Waals surface area contributed by atoms with Gasteiger partial charge in [0.1, 0.15) is 5.75 Å². The molecule has 6 heteroatoms. The molecule has 2 rings (SSSR count). The molecule has 0 aliphatic heterocycles. The Hall–Kier alpha value is -2.63. The van der Waals surface area contributed by atoms with Crippen molar-refractivity contribution in [3.05, 3.63) is 41.7 Å². The van der Waals surface area contributed by atoms with E-state index in [-0.39, 0.29) is 18.5 Å². The highest BCUT2D eigenvalue weighted by molar-refractivity contribution is 5.92. The van der Waals surface area contributed by atoms with Crippen LogP contribution in [0, 0.1) is 13.8 Å². The van der Waals surface area contributed by atoms with Crippen LogP contribution in [0.1, 0.15) is 11.4 Å². The van der Waals surface area contributed by atoms with Gasteiger partial charge in [-0.2, -0.15) is 9.97 Å². The van der Waals surface area contributed by atoms with E-state index in [9.17, 15) is 4.79 Å². The van der Waals surface area contributed by atoms with Gasteiger partial charge in [-0.3, -0.25) is 4.79 Å². The summed E-state index contributed by atoms with van der Waals surface area (Å²) in [5.41, 5.74) is 1.87. The van der Waals surface area contributed by atoms with Crippen LogP contribution in [0.5, 0.6) is 11.8 Å². The predicted molar refractivity (Wildman–Crippen MR) is 78.6 cm³/mol. The summed E-state index contributed by atoms with van der Waals surface area (Å²) < 4.78 is 10.4. The van der Waals surface area contributed by atoms with Crippen LogP contribution in [0.2, 0.25) is 0 Å². The van der Waals surface area contributed by atoms with Gasteiger partial charge in [0, 0.05) is 0 Å². The molecule has 0 saturated heterocycles. The van der Waals surface area contributed by atoms with Crippen LogP contribution >= 0.6 is 0 Å². The van der Waals surface area contributed by atoms with E-state index in [2.05, 4.69) is 15.3 Å². The van der Waals surface area contributed by atoms with E-state index in [1.165, 1.54) is 7.11 Å². The molecule has 1 amide bonds. The topological polar surface area (TPSA) is 73.3 Å². The number of hydrogen-bond donors (Lipinski definition) is 1. The van der Waals surface area contributed by atoms with Gasteiger partial charge in [-0.25, -0.2) is 0 Å². The molecule has 0 unspecified atom stereocenters. The smallest absolute Gasteiger partial charge is 0.316 e. The Bertz CT molecular complexity index is 606. The monoisotopic (exact) mass is 287 g/mol. The van der Waals surface area contributed by atoms with Crippen molar-refractivity contribution in [3.8, 4) is 11.8 Å². The minimum absolute atomic E-state index is 0.0745. The van der Waals surface area contributed by atoms with Crippen molar-refractivity contribution in [1.82, 2.24) is 9.97 Å². The molecule has 110 valence electrons. The molecule has 1 aromatic heterocycles. The van der Waals surface area contributed by atoms with Crippen LogP contribution in [0.15, 0.2) is 30.3 Å². The lowest BCUT2D eigenvalue weighted by Gasteiger charge is -2.12.